The van der Waals surface area contributed by atoms with Crippen molar-refractivity contribution in [2.24, 2.45) is 0 Å². The van der Waals surface area contributed by atoms with Crippen molar-refractivity contribution < 1.29 is 0 Å². The zero-order chi connectivity index (χ0) is 36.3. The summed E-state index contributed by atoms with van der Waals surface area (Å²) in [5.41, 5.74) is 17.4. The molecule has 2 aliphatic rings. The van der Waals surface area contributed by atoms with Gasteiger partial charge in [0, 0.05) is 17.5 Å². The van der Waals surface area contributed by atoms with Crippen LogP contribution in [0.5, 0.6) is 0 Å². The number of anilines is 1. The first-order valence-electron chi connectivity index (χ1n) is 19.1. The molecule has 55 heavy (non-hydrogen) atoms. The number of hydrogen-bond donors (Lipinski definition) is 1. The minimum absolute atomic E-state index is 0.547. The molecule has 1 N–H and O–H groups in total. The summed E-state index contributed by atoms with van der Waals surface area (Å²) in [6.07, 6.45) is 4.34. The van der Waals surface area contributed by atoms with Crippen LogP contribution in [0.3, 0.4) is 0 Å². The fourth-order valence-corrected chi connectivity index (χ4v) is 9.28. The zero-order valence-corrected chi connectivity index (χ0v) is 30.2. The molecule has 0 saturated carbocycles. The third kappa shape index (κ3) is 4.85. The molecule has 0 atom stereocenters. The lowest BCUT2D eigenvalue weighted by Gasteiger charge is -2.34. The fourth-order valence-electron chi connectivity index (χ4n) is 9.28. The van der Waals surface area contributed by atoms with E-state index < -0.39 is 5.41 Å². The average Bonchev–Trinajstić information content (AvgIpc) is 3.56. The maximum Gasteiger partial charge on any atom is 0.0947 e. The Labute approximate surface area is 321 Å². The van der Waals surface area contributed by atoms with E-state index in [1.165, 1.54) is 66.4 Å². The maximum atomic E-state index is 5.25. The number of benzene rings is 8. The number of pyridine rings is 1. The van der Waals surface area contributed by atoms with Gasteiger partial charge in [0.25, 0.3) is 0 Å². The second kappa shape index (κ2) is 12.5. The van der Waals surface area contributed by atoms with Crippen LogP contribution in [-0.4, -0.2) is 11.5 Å². The molecule has 2 nitrogen and oxygen atoms in total. The molecule has 0 spiro atoms. The highest BCUT2D eigenvalue weighted by Crippen LogP contribution is 2.60. The normalized spacial score (nSPS) is 13.6. The second-order valence-corrected chi connectivity index (χ2v) is 14.7. The summed E-state index contributed by atoms with van der Waals surface area (Å²) in [7, 11) is 0. The first kappa shape index (κ1) is 31.5. The molecule has 2 heteroatoms. The molecule has 0 unspecified atom stereocenters. The molecule has 0 radical (unpaired) electrons. The Balaban J connectivity index is 1.17. The molecule has 8 aromatic carbocycles. The SMILES string of the molecule is C1=Cc2ccc3ccc(-c4cccc(-c5ccc6c(c5)C(c5ccccc5)(c5ccccc5)c5cc7ccccc7c(-c7ccccc7)c5-6)c4)nc3c2NC1. The Morgan fingerprint density at radius 1 is 0.473 bits per heavy atom. The van der Waals surface area contributed by atoms with Crippen LogP contribution < -0.4 is 5.32 Å². The number of nitrogens with one attached hydrogen (secondary N) is 1. The molecule has 1 aliphatic carbocycles. The Morgan fingerprint density at radius 3 is 1.95 bits per heavy atom. The predicted molar refractivity (Wildman–Crippen MR) is 230 cm³/mol. The third-order valence-electron chi connectivity index (χ3n) is 11.7. The molecule has 0 bridgehead atoms. The van der Waals surface area contributed by atoms with E-state index in [4.69, 9.17) is 4.98 Å². The minimum Gasteiger partial charge on any atom is -0.379 e. The van der Waals surface area contributed by atoms with Crippen LogP contribution in [0, 0.1) is 0 Å². The summed E-state index contributed by atoms with van der Waals surface area (Å²) in [5, 5.41) is 7.21. The molecular weight excluding hydrogens is 665 g/mol. The van der Waals surface area contributed by atoms with Gasteiger partial charge in [-0.25, -0.2) is 4.98 Å². The van der Waals surface area contributed by atoms with Gasteiger partial charge in [0.05, 0.1) is 22.3 Å². The summed E-state index contributed by atoms with van der Waals surface area (Å²) in [5.74, 6) is 0. The maximum absolute atomic E-state index is 5.25. The van der Waals surface area contributed by atoms with E-state index in [2.05, 4.69) is 206 Å². The van der Waals surface area contributed by atoms with Crippen molar-refractivity contribution in [1.29, 1.82) is 0 Å². The van der Waals surface area contributed by atoms with E-state index in [9.17, 15) is 0 Å². The van der Waals surface area contributed by atoms with Crippen LogP contribution in [0.1, 0.15) is 27.8 Å². The van der Waals surface area contributed by atoms with Gasteiger partial charge in [0.1, 0.15) is 0 Å². The van der Waals surface area contributed by atoms with E-state index in [1.807, 2.05) is 0 Å². The van der Waals surface area contributed by atoms with Crippen molar-refractivity contribution >= 4 is 33.4 Å². The number of hydrogen-bond acceptors (Lipinski definition) is 2. The van der Waals surface area contributed by atoms with Crippen LogP contribution in [0.25, 0.3) is 72.4 Å². The predicted octanol–water partition coefficient (Wildman–Crippen LogP) is 13.2. The summed E-state index contributed by atoms with van der Waals surface area (Å²) < 4.78 is 0. The van der Waals surface area contributed by atoms with Gasteiger partial charge in [-0.2, -0.15) is 0 Å². The summed E-state index contributed by atoms with van der Waals surface area (Å²) >= 11 is 0. The summed E-state index contributed by atoms with van der Waals surface area (Å²) in [6, 6.07) is 69.3. The Kier molecular flexibility index (Phi) is 7.18. The van der Waals surface area contributed by atoms with E-state index in [0.29, 0.717) is 0 Å². The first-order chi connectivity index (χ1) is 27.3. The van der Waals surface area contributed by atoms with Crippen LogP contribution >= 0.6 is 0 Å². The zero-order valence-electron chi connectivity index (χ0n) is 30.2. The molecule has 258 valence electrons. The van der Waals surface area contributed by atoms with Gasteiger partial charge in [-0.15, -0.1) is 0 Å². The Hall–Kier alpha value is -7.03. The van der Waals surface area contributed by atoms with E-state index in [0.717, 1.165) is 40.0 Å². The fraction of sp³-hybridized carbons (Fsp3) is 0.0377. The summed E-state index contributed by atoms with van der Waals surface area (Å²) in [4.78, 5) is 5.25. The number of fused-ring (bicyclic) bond motifs is 7. The van der Waals surface area contributed by atoms with Gasteiger partial charge >= 0.3 is 0 Å². The Bertz CT molecular complexity index is 2920. The molecule has 0 fully saturated rings. The molecule has 2 heterocycles. The topological polar surface area (TPSA) is 24.9 Å². The molecule has 1 aromatic heterocycles. The standard InChI is InChI=1S/C53H36N2/c1-4-14-35(15-5-1)49-44-24-11-10-16-40(44)34-47-50(49)45-29-27-39(33-46(45)53(47,42-20-6-2-7-21-42)43-22-8-3-9-23-43)38-17-12-18-41(32-38)48-30-28-37-26-25-36-19-13-31-54-51(36)52(37)55-48/h1-30,32-34,54H,31H2. The van der Waals surface area contributed by atoms with E-state index in [-0.39, 0.29) is 0 Å². The van der Waals surface area contributed by atoms with Crippen molar-refractivity contribution in [3.8, 4) is 44.6 Å². The number of aromatic nitrogens is 1. The largest absolute Gasteiger partial charge is 0.379 e. The van der Waals surface area contributed by atoms with Crippen LogP contribution in [0.2, 0.25) is 0 Å². The van der Waals surface area contributed by atoms with Crippen LogP contribution in [0.15, 0.2) is 194 Å². The summed E-state index contributed by atoms with van der Waals surface area (Å²) in [6.45, 7) is 0.812. The second-order valence-electron chi connectivity index (χ2n) is 14.7. The molecule has 1 aliphatic heterocycles. The highest BCUT2D eigenvalue weighted by atomic mass is 14.9. The van der Waals surface area contributed by atoms with Gasteiger partial charge in [-0.1, -0.05) is 176 Å². The smallest absolute Gasteiger partial charge is 0.0947 e. The molecule has 0 saturated heterocycles. The molecular formula is C53H36N2. The average molecular weight is 701 g/mol. The van der Waals surface area contributed by atoms with Crippen molar-refractivity contribution in [3.63, 3.8) is 0 Å². The number of rotatable bonds is 5. The van der Waals surface area contributed by atoms with Crippen molar-refractivity contribution in [2.75, 3.05) is 11.9 Å². The van der Waals surface area contributed by atoms with E-state index >= 15 is 0 Å². The third-order valence-corrected chi connectivity index (χ3v) is 11.7. The lowest BCUT2D eigenvalue weighted by Crippen LogP contribution is -2.28. The van der Waals surface area contributed by atoms with Crippen molar-refractivity contribution in [1.82, 2.24) is 4.98 Å². The highest BCUT2D eigenvalue weighted by Gasteiger charge is 2.47. The monoisotopic (exact) mass is 700 g/mol. The van der Waals surface area contributed by atoms with Crippen LogP contribution in [0.4, 0.5) is 5.69 Å². The van der Waals surface area contributed by atoms with Gasteiger partial charge in [0.15, 0.2) is 0 Å². The first-order valence-corrected chi connectivity index (χ1v) is 19.1. The lowest BCUT2D eigenvalue weighted by atomic mass is 9.67. The van der Waals surface area contributed by atoms with Crippen molar-refractivity contribution in [3.05, 3.63) is 222 Å². The van der Waals surface area contributed by atoms with Gasteiger partial charge in [-0.3, -0.25) is 0 Å². The number of nitrogens with zero attached hydrogens (tertiary/aromatic N) is 1. The molecule has 0 amide bonds. The van der Waals surface area contributed by atoms with Crippen LogP contribution in [-0.2, 0) is 5.41 Å². The lowest BCUT2D eigenvalue weighted by molar-refractivity contribution is 0.770. The van der Waals surface area contributed by atoms with Gasteiger partial charge in [0.2, 0.25) is 0 Å². The highest BCUT2D eigenvalue weighted by molar-refractivity contribution is 6.09. The quantitative estimate of drug-likeness (QED) is 0.193. The van der Waals surface area contributed by atoms with E-state index in [1.54, 1.807) is 0 Å². The van der Waals surface area contributed by atoms with Gasteiger partial charge < -0.3 is 5.32 Å². The van der Waals surface area contributed by atoms with Gasteiger partial charge in [-0.05, 0) is 96.2 Å². The molecule has 9 aromatic rings. The molecule has 11 rings (SSSR count). The minimum atomic E-state index is -0.547. The Morgan fingerprint density at radius 2 is 1.15 bits per heavy atom. The van der Waals surface area contributed by atoms with Crippen molar-refractivity contribution in [2.45, 2.75) is 5.41 Å².